The zero-order valence-electron chi connectivity index (χ0n) is 6.95. The SMILES string of the molecule is CC1=CCC(C[C@@H](N)C(=O)O)=N1. The quantitative estimate of drug-likeness (QED) is 0.645. The molecular formula is C8H12N2O2. The van der Waals surface area contributed by atoms with Gasteiger partial charge in [-0.3, -0.25) is 9.79 Å². The van der Waals surface area contributed by atoms with Gasteiger partial charge in [0.05, 0.1) is 0 Å². The van der Waals surface area contributed by atoms with E-state index in [-0.39, 0.29) is 0 Å². The Morgan fingerprint density at radius 2 is 2.58 bits per heavy atom. The van der Waals surface area contributed by atoms with Crippen LogP contribution >= 0.6 is 0 Å². The molecule has 66 valence electrons. The molecule has 0 aromatic rings. The van der Waals surface area contributed by atoms with Gasteiger partial charge in [-0.15, -0.1) is 0 Å². The summed E-state index contributed by atoms with van der Waals surface area (Å²) in [5.41, 5.74) is 7.15. The van der Waals surface area contributed by atoms with Crippen LogP contribution in [0.2, 0.25) is 0 Å². The number of hydrogen-bond donors (Lipinski definition) is 2. The summed E-state index contributed by atoms with van der Waals surface area (Å²) < 4.78 is 0. The van der Waals surface area contributed by atoms with Crippen molar-refractivity contribution in [1.29, 1.82) is 0 Å². The van der Waals surface area contributed by atoms with Crippen molar-refractivity contribution in [1.82, 2.24) is 0 Å². The van der Waals surface area contributed by atoms with Crippen LogP contribution in [0.5, 0.6) is 0 Å². The molecule has 1 atom stereocenters. The second-order valence-corrected chi connectivity index (χ2v) is 2.88. The Kier molecular flexibility index (Phi) is 2.60. The third-order valence-corrected chi connectivity index (χ3v) is 1.74. The number of carbonyl (C=O) groups is 1. The number of rotatable bonds is 3. The maximum atomic E-state index is 10.4. The van der Waals surface area contributed by atoms with Crippen LogP contribution < -0.4 is 5.73 Å². The smallest absolute Gasteiger partial charge is 0.320 e. The molecule has 12 heavy (non-hydrogen) atoms. The third-order valence-electron chi connectivity index (χ3n) is 1.74. The van der Waals surface area contributed by atoms with E-state index in [1.807, 2.05) is 13.0 Å². The van der Waals surface area contributed by atoms with Crippen LogP contribution in [-0.2, 0) is 4.79 Å². The molecule has 0 amide bonds. The first-order chi connectivity index (χ1) is 5.59. The summed E-state index contributed by atoms with van der Waals surface area (Å²) in [6, 6.07) is -0.817. The van der Waals surface area contributed by atoms with E-state index >= 15 is 0 Å². The first-order valence-corrected chi connectivity index (χ1v) is 3.81. The lowest BCUT2D eigenvalue weighted by atomic mass is 10.1. The maximum absolute atomic E-state index is 10.4. The number of nitrogens with zero attached hydrogens (tertiary/aromatic N) is 1. The Hall–Kier alpha value is -1.16. The van der Waals surface area contributed by atoms with Gasteiger partial charge >= 0.3 is 5.97 Å². The Bertz CT molecular complexity index is 256. The van der Waals surface area contributed by atoms with Crippen molar-refractivity contribution in [3.63, 3.8) is 0 Å². The standard InChI is InChI=1S/C8H12N2O2/c1-5-2-3-6(10-5)4-7(9)8(11)12/h2,7H,3-4,9H2,1H3,(H,11,12)/t7-/m1/s1. The van der Waals surface area contributed by atoms with Crippen molar-refractivity contribution in [3.05, 3.63) is 11.8 Å². The molecule has 0 saturated carbocycles. The topological polar surface area (TPSA) is 75.7 Å². The highest BCUT2D eigenvalue weighted by molar-refractivity contribution is 5.92. The predicted octanol–water partition coefficient (Wildman–Crippen LogP) is 0.537. The van der Waals surface area contributed by atoms with Gasteiger partial charge < -0.3 is 10.8 Å². The van der Waals surface area contributed by atoms with Crippen LogP contribution in [0.1, 0.15) is 19.8 Å². The zero-order valence-corrected chi connectivity index (χ0v) is 6.95. The molecular weight excluding hydrogens is 156 g/mol. The average Bonchev–Trinajstić information content (AvgIpc) is 2.35. The third kappa shape index (κ3) is 2.17. The lowest BCUT2D eigenvalue weighted by Gasteiger charge is -2.04. The summed E-state index contributed by atoms with van der Waals surface area (Å²) in [5.74, 6) is -0.970. The Morgan fingerprint density at radius 1 is 1.92 bits per heavy atom. The van der Waals surface area contributed by atoms with Gasteiger partial charge in [0.15, 0.2) is 0 Å². The van der Waals surface area contributed by atoms with E-state index in [0.717, 1.165) is 17.8 Å². The molecule has 3 N–H and O–H groups in total. The fourth-order valence-electron chi connectivity index (χ4n) is 1.08. The predicted molar refractivity (Wildman–Crippen MR) is 46.0 cm³/mol. The molecule has 1 heterocycles. The van der Waals surface area contributed by atoms with Gasteiger partial charge in [0, 0.05) is 24.3 Å². The fraction of sp³-hybridized carbons (Fsp3) is 0.500. The number of carboxylic acid groups (broad SMARTS) is 1. The zero-order chi connectivity index (χ0) is 9.14. The first kappa shape index (κ1) is 8.93. The number of allylic oxidation sites excluding steroid dienone is 2. The number of aliphatic carboxylic acids is 1. The fourth-order valence-corrected chi connectivity index (χ4v) is 1.08. The lowest BCUT2D eigenvalue weighted by Crippen LogP contribution is -2.32. The van der Waals surface area contributed by atoms with Crippen LogP contribution in [0.15, 0.2) is 16.8 Å². The van der Waals surface area contributed by atoms with Crippen LogP contribution in [0.25, 0.3) is 0 Å². The molecule has 0 unspecified atom stereocenters. The molecule has 4 heteroatoms. The number of hydrogen-bond acceptors (Lipinski definition) is 3. The molecule has 1 rings (SSSR count). The van der Waals surface area contributed by atoms with Crippen molar-refractivity contribution in [2.24, 2.45) is 10.7 Å². The second-order valence-electron chi connectivity index (χ2n) is 2.88. The minimum absolute atomic E-state index is 0.350. The van der Waals surface area contributed by atoms with Crippen molar-refractivity contribution in [2.75, 3.05) is 0 Å². The summed E-state index contributed by atoms with van der Waals surface area (Å²) in [6.45, 7) is 1.89. The average molecular weight is 168 g/mol. The molecule has 1 aliphatic rings. The molecule has 0 fully saturated rings. The van der Waals surface area contributed by atoms with Gasteiger partial charge in [-0.2, -0.15) is 0 Å². The van der Waals surface area contributed by atoms with Crippen molar-refractivity contribution >= 4 is 11.7 Å². The molecule has 0 aliphatic carbocycles. The van der Waals surface area contributed by atoms with Crippen molar-refractivity contribution in [3.8, 4) is 0 Å². The van der Waals surface area contributed by atoms with Crippen molar-refractivity contribution < 1.29 is 9.90 Å². The van der Waals surface area contributed by atoms with Crippen LogP contribution in [0, 0.1) is 0 Å². The molecule has 0 aromatic carbocycles. The molecule has 0 aromatic heterocycles. The van der Waals surface area contributed by atoms with Gasteiger partial charge in [-0.05, 0) is 6.92 Å². The van der Waals surface area contributed by atoms with E-state index in [1.165, 1.54) is 0 Å². The summed E-state index contributed by atoms with van der Waals surface area (Å²) >= 11 is 0. The molecule has 0 spiro atoms. The number of carboxylic acids is 1. The van der Waals surface area contributed by atoms with Gasteiger partial charge in [0.1, 0.15) is 6.04 Å². The first-order valence-electron chi connectivity index (χ1n) is 3.81. The minimum Gasteiger partial charge on any atom is -0.480 e. The van der Waals surface area contributed by atoms with Gasteiger partial charge in [0.2, 0.25) is 0 Å². The monoisotopic (exact) mass is 168 g/mol. The largest absolute Gasteiger partial charge is 0.480 e. The molecule has 1 aliphatic heterocycles. The normalized spacial score (nSPS) is 18.5. The van der Waals surface area contributed by atoms with Crippen LogP contribution in [-0.4, -0.2) is 22.8 Å². The maximum Gasteiger partial charge on any atom is 0.320 e. The molecule has 0 saturated heterocycles. The van der Waals surface area contributed by atoms with E-state index in [9.17, 15) is 4.79 Å². The highest BCUT2D eigenvalue weighted by atomic mass is 16.4. The Morgan fingerprint density at radius 3 is 3.00 bits per heavy atom. The van der Waals surface area contributed by atoms with Gasteiger partial charge in [-0.25, -0.2) is 0 Å². The Labute approximate surface area is 70.8 Å². The summed E-state index contributed by atoms with van der Waals surface area (Å²) in [7, 11) is 0. The van der Waals surface area contributed by atoms with E-state index in [0.29, 0.717) is 6.42 Å². The van der Waals surface area contributed by atoms with E-state index in [4.69, 9.17) is 10.8 Å². The van der Waals surface area contributed by atoms with Crippen LogP contribution in [0.4, 0.5) is 0 Å². The van der Waals surface area contributed by atoms with Gasteiger partial charge in [-0.1, -0.05) is 6.08 Å². The number of nitrogens with two attached hydrogens (primary N) is 1. The van der Waals surface area contributed by atoms with Gasteiger partial charge in [0.25, 0.3) is 0 Å². The Balaban J connectivity index is 2.44. The lowest BCUT2D eigenvalue weighted by molar-refractivity contribution is -0.138. The van der Waals surface area contributed by atoms with E-state index in [2.05, 4.69) is 4.99 Å². The molecule has 0 bridgehead atoms. The highest BCUT2D eigenvalue weighted by Crippen LogP contribution is 2.12. The second kappa shape index (κ2) is 3.49. The van der Waals surface area contributed by atoms with E-state index in [1.54, 1.807) is 0 Å². The highest BCUT2D eigenvalue weighted by Gasteiger charge is 2.15. The number of aliphatic imine (C=N–C) groups is 1. The summed E-state index contributed by atoms with van der Waals surface area (Å²) in [6.07, 6.45) is 3.06. The summed E-state index contributed by atoms with van der Waals surface area (Å²) in [5, 5.41) is 8.51. The minimum atomic E-state index is -0.970. The molecule has 4 nitrogen and oxygen atoms in total. The molecule has 0 radical (unpaired) electrons. The van der Waals surface area contributed by atoms with Crippen LogP contribution in [0.3, 0.4) is 0 Å². The van der Waals surface area contributed by atoms with E-state index < -0.39 is 12.0 Å². The van der Waals surface area contributed by atoms with Crippen molar-refractivity contribution in [2.45, 2.75) is 25.8 Å². The summed E-state index contributed by atoms with van der Waals surface area (Å²) in [4.78, 5) is 14.5.